The summed E-state index contributed by atoms with van der Waals surface area (Å²) in [5.74, 6) is 0.381. The molecule has 0 fully saturated rings. The molecule has 2 aromatic carbocycles. The third kappa shape index (κ3) is 5.03. The minimum atomic E-state index is 0.190. The number of phenols is 2. The molecular weight excluding hydrogens is 292 g/mol. The van der Waals surface area contributed by atoms with Crippen molar-refractivity contribution in [3.63, 3.8) is 0 Å². The second kappa shape index (κ2) is 7.84. The van der Waals surface area contributed by atoms with Crippen molar-refractivity contribution in [3.8, 4) is 11.5 Å². The number of benzene rings is 2. The number of rotatable bonds is 6. The van der Waals surface area contributed by atoms with Crippen molar-refractivity contribution in [1.29, 1.82) is 0 Å². The van der Waals surface area contributed by atoms with Gasteiger partial charge in [0.2, 0.25) is 0 Å². The summed E-state index contributed by atoms with van der Waals surface area (Å²) < 4.78 is 0. The zero-order chi connectivity index (χ0) is 16.7. The molecule has 2 N–H and O–H groups in total. The van der Waals surface area contributed by atoms with Gasteiger partial charge in [-0.15, -0.1) is 0 Å². The minimum absolute atomic E-state index is 0.190. The van der Waals surface area contributed by atoms with Gasteiger partial charge in [-0.3, -0.25) is 10.0 Å². The predicted molar refractivity (Wildman–Crippen MR) is 91.8 cm³/mol. The van der Waals surface area contributed by atoms with Gasteiger partial charge in [0.05, 0.1) is 12.4 Å². The van der Waals surface area contributed by atoms with E-state index in [1.54, 1.807) is 58.8 Å². The Hall–Kier alpha value is -3.02. The highest BCUT2D eigenvalue weighted by Crippen LogP contribution is 2.13. The van der Waals surface area contributed by atoms with E-state index in [1.807, 2.05) is 26.2 Å². The van der Waals surface area contributed by atoms with Crippen LogP contribution >= 0.6 is 0 Å². The van der Waals surface area contributed by atoms with Crippen molar-refractivity contribution in [1.82, 2.24) is 10.0 Å². The van der Waals surface area contributed by atoms with Crippen molar-refractivity contribution in [3.05, 3.63) is 59.7 Å². The predicted octanol–water partition coefficient (Wildman–Crippen LogP) is 2.29. The highest BCUT2D eigenvalue weighted by atomic mass is 16.3. The van der Waals surface area contributed by atoms with Crippen molar-refractivity contribution >= 4 is 12.4 Å². The van der Waals surface area contributed by atoms with Crippen molar-refractivity contribution < 1.29 is 10.2 Å². The number of nitrogens with zero attached hydrogens (tertiary/aromatic N) is 4. The Bertz CT molecular complexity index is 641. The first-order chi connectivity index (χ1) is 11.1. The minimum Gasteiger partial charge on any atom is -0.507 e. The first-order valence-electron chi connectivity index (χ1n) is 7.12. The molecule has 0 aliphatic rings. The normalized spacial score (nSPS) is 11.2. The molecule has 6 heteroatoms. The Morgan fingerprint density at radius 1 is 0.783 bits per heavy atom. The van der Waals surface area contributed by atoms with Crippen molar-refractivity contribution in [2.45, 2.75) is 0 Å². The van der Waals surface area contributed by atoms with Crippen LogP contribution < -0.4 is 0 Å². The smallest absolute Gasteiger partial charge is 0.124 e. The fraction of sp³-hybridized carbons (Fsp3) is 0.176. The number of para-hydroxylation sites is 2. The summed E-state index contributed by atoms with van der Waals surface area (Å²) >= 11 is 0. The zero-order valence-electron chi connectivity index (χ0n) is 13.2. The summed E-state index contributed by atoms with van der Waals surface area (Å²) in [4.78, 5) is 0. The molecule has 120 valence electrons. The topological polar surface area (TPSA) is 71.7 Å². The molecule has 0 bridgehead atoms. The summed E-state index contributed by atoms with van der Waals surface area (Å²) in [6, 6.07) is 14.0. The van der Waals surface area contributed by atoms with Gasteiger partial charge in [0.25, 0.3) is 0 Å². The molecule has 0 saturated heterocycles. The summed E-state index contributed by atoms with van der Waals surface area (Å²) in [7, 11) is 3.62. The molecule has 0 saturated carbocycles. The molecule has 2 rings (SSSR count). The zero-order valence-corrected chi connectivity index (χ0v) is 13.2. The van der Waals surface area contributed by atoms with Crippen molar-refractivity contribution in [2.24, 2.45) is 10.2 Å². The van der Waals surface area contributed by atoms with Gasteiger partial charge in [0.15, 0.2) is 0 Å². The molecule has 6 nitrogen and oxygen atoms in total. The van der Waals surface area contributed by atoms with Gasteiger partial charge in [-0.2, -0.15) is 10.2 Å². The lowest BCUT2D eigenvalue weighted by atomic mass is 10.2. The maximum atomic E-state index is 9.67. The number of phenolic OH excluding ortho intramolecular Hbond substituents is 2. The average molecular weight is 312 g/mol. The standard InChI is InChI=1S/C17H20N4O2/c1-20(18-11-14-7-3-5-9-16(14)22)13-21(2)19-12-15-8-4-6-10-17(15)23/h3-12,22-23H,13H2,1-2H3/b18-11+,19-12+. The van der Waals surface area contributed by atoms with E-state index in [0.717, 1.165) is 0 Å². The largest absolute Gasteiger partial charge is 0.507 e. The summed E-state index contributed by atoms with van der Waals surface area (Å²) in [5.41, 5.74) is 1.31. The van der Waals surface area contributed by atoms with Gasteiger partial charge in [0.1, 0.15) is 18.2 Å². The Morgan fingerprint density at radius 2 is 1.17 bits per heavy atom. The first-order valence-corrected chi connectivity index (χ1v) is 7.12. The Balaban J connectivity index is 1.91. The summed E-state index contributed by atoms with van der Waals surface area (Å²) in [6.07, 6.45) is 3.19. The molecule has 2 aromatic rings. The van der Waals surface area contributed by atoms with Crippen LogP contribution in [0.15, 0.2) is 58.7 Å². The van der Waals surface area contributed by atoms with Crippen LogP contribution in [-0.4, -0.2) is 53.4 Å². The fourth-order valence-corrected chi connectivity index (χ4v) is 1.88. The van der Waals surface area contributed by atoms with E-state index in [9.17, 15) is 10.2 Å². The van der Waals surface area contributed by atoms with E-state index in [0.29, 0.717) is 17.8 Å². The first kappa shape index (κ1) is 16.4. The lowest BCUT2D eigenvalue weighted by Crippen LogP contribution is -2.26. The van der Waals surface area contributed by atoms with E-state index in [1.165, 1.54) is 0 Å². The number of hydrogen-bond donors (Lipinski definition) is 2. The lowest BCUT2D eigenvalue weighted by Gasteiger charge is -2.19. The van der Waals surface area contributed by atoms with E-state index < -0.39 is 0 Å². The van der Waals surface area contributed by atoms with Crippen molar-refractivity contribution in [2.75, 3.05) is 20.8 Å². The van der Waals surface area contributed by atoms with Crippen LogP contribution in [0.25, 0.3) is 0 Å². The molecule has 0 atom stereocenters. The molecule has 0 amide bonds. The molecule has 0 heterocycles. The van der Waals surface area contributed by atoms with E-state index in [4.69, 9.17) is 0 Å². The fourth-order valence-electron chi connectivity index (χ4n) is 1.88. The van der Waals surface area contributed by atoms with Crippen LogP contribution in [0, 0.1) is 0 Å². The second-order valence-corrected chi connectivity index (χ2v) is 5.06. The average Bonchev–Trinajstić information content (AvgIpc) is 2.53. The van der Waals surface area contributed by atoms with E-state index in [2.05, 4.69) is 10.2 Å². The summed E-state index contributed by atoms with van der Waals surface area (Å²) in [6.45, 7) is 0.453. The van der Waals surface area contributed by atoms with Crippen LogP contribution in [0.4, 0.5) is 0 Å². The third-order valence-corrected chi connectivity index (χ3v) is 3.07. The number of hydrazone groups is 2. The molecule has 0 unspecified atom stereocenters. The summed E-state index contributed by atoms with van der Waals surface area (Å²) in [5, 5.41) is 31.2. The van der Waals surface area contributed by atoms with Gasteiger partial charge in [0, 0.05) is 25.2 Å². The molecule has 23 heavy (non-hydrogen) atoms. The molecule has 0 aromatic heterocycles. The van der Waals surface area contributed by atoms with Gasteiger partial charge in [-0.25, -0.2) is 0 Å². The molecule has 0 spiro atoms. The lowest BCUT2D eigenvalue weighted by molar-refractivity contribution is 0.196. The van der Waals surface area contributed by atoms with Crippen LogP contribution in [-0.2, 0) is 0 Å². The highest BCUT2D eigenvalue weighted by Gasteiger charge is 2.00. The monoisotopic (exact) mass is 312 g/mol. The Kier molecular flexibility index (Phi) is 5.57. The molecule has 0 aliphatic carbocycles. The van der Waals surface area contributed by atoms with Crippen LogP contribution in [0.3, 0.4) is 0 Å². The quantitative estimate of drug-likeness (QED) is 0.488. The maximum Gasteiger partial charge on any atom is 0.124 e. The van der Waals surface area contributed by atoms with Gasteiger partial charge >= 0.3 is 0 Å². The number of hydrogen-bond acceptors (Lipinski definition) is 6. The van der Waals surface area contributed by atoms with Crippen LogP contribution in [0.1, 0.15) is 11.1 Å². The Labute approximate surface area is 135 Å². The van der Waals surface area contributed by atoms with E-state index >= 15 is 0 Å². The van der Waals surface area contributed by atoms with Gasteiger partial charge in [-0.1, -0.05) is 24.3 Å². The molecule has 0 aliphatic heterocycles. The van der Waals surface area contributed by atoms with Gasteiger partial charge in [-0.05, 0) is 24.3 Å². The Morgan fingerprint density at radius 3 is 1.57 bits per heavy atom. The highest BCUT2D eigenvalue weighted by molar-refractivity contribution is 5.83. The maximum absolute atomic E-state index is 9.67. The van der Waals surface area contributed by atoms with Gasteiger partial charge < -0.3 is 10.2 Å². The van der Waals surface area contributed by atoms with Crippen LogP contribution in [0.2, 0.25) is 0 Å². The molecular formula is C17H20N4O2. The molecule has 0 radical (unpaired) electrons. The van der Waals surface area contributed by atoms with Crippen LogP contribution in [0.5, 0.6) is 11.5 Å². The number of aromatic hydroxyl groups is 2. The van der Waals surface area contributed by atoms with E-state index in [-0.39, 0.29) is 11.5 Å². The second-order valence-electron chi connectivity index (χ2n) is 5.06. The third-order valence-electron chi connectivity index (χ3n) is 3.07. The SMILES string of the molecule is CN(CN(C)/N=C/c1ccccc1O)/N=C/c1ccccc1O.